The summed E-state index contributed by atoms with van der Waals surface area (Å²) in [5, 5.41) is 21.5. The van der Waals surface area contributed by atoms with Gasteiger partial charge in [-0.1, -0.05) is 54.6 Å². The number of aryl methyl sites for hydroxylation is 1. The van der Waals surface area contributed by atoms with Crippen molar-refractivity contribution in [3.63, 3.8) is 0 Å². The van der Waals surface area contributed by atoms with Crippen LogP contribution in [0.1, 0.15) is 25.3 Å². The number of carboxylic acid groups (broad SMARTS) is 1. The third kappa shape index (κ3) is 3.27. The largest absolute Gasteiger partial charge is 0.543 e. The molecule has 0 unspecified atom stereocenters. The summed E-state index contributed by atoms with van der Waals surface area (Å²) in [6.45, 7) is 1.28. The van der Waals surface area contributed by atoms with Crippen LogP contribution in [-0.4, -0.2) is 17.6 Å². The number of aliphatic carboxylic acids is 1. The Morgan fingerprint density at radius 2 is 1.57 bits per heavy atom. The van der Waals surface area contributed by atoms with Gasteiger partial charge in [0.25, 0.3) is 0 Å². The number of carbonyl (C=O) groups is 2. The fourth-order valence-electron chi connectivity index (χ4n) is 3.70. The summed E-state index contributed by atoms with van der Waals surface area (Å²) in [6.07, 6.45) is 1.67. The number of hydrogen-bond acceptors (Lipinski definition) is 4. The average molecular weight is 371 g/mol. The van der Waals surface area contributed by atoms with Crippen LogP contribution in [0.4, 0.5) is 0 Å². The maximum Gasteiger partial charge on any atom is 0.240 e. The maximum absolute atomic E-state index is 11.9. The molecule has 0 heterocycles. The van der Waals surface area contributed by atoms with Gasteiger partial charge in [0.2, 0.25) is 5.91 Å². The maximum atomic E-state index is 11.9. The summed E-state index contributed by atoms with van der Waals surface area (Å²) >= 11 is 0. The second-order valence-electron chi connectivity index (χ2n) is 6.95. The Hall–Kier alpha value is -3.47. The van der Waals surface area contributed by atoms with Crippen LogP contribution in [-0.2, 0) is 16.0 Å². The highest BCUT2D eigenvalue weighted by Crippen LogP contribution is 2.36. The first-order valence-corrected chi connectivity index (χ1v) is 9.24. The Bertz CT molecular complexity index is 1210. The van der Waals surface area contributed by atoms with Crippen LogP contribution in [0.5, 0.6) is 0 Å². The van der Waals surface area contributed by atoms with Crippen molar-refractivity contribution in [1.82, 2.24) is 5.43 Å². The molecule has 0 radical (unpaired) electrons. The van der Waals surface area contributed by atoms with E-state index in [0.717, 1.165) is 6.42 Å². The summed E-state index contributed by atoms with van der Waals surface area (Å²) in [4.78, 5) is 22.5. The number of nitrogens with zero attached hydrogens (tertiary/aromatic N) is 1. The van der Waals surface area contributed by atoms with E-state index < -0.39 is 5.97 Å². The first-order valence-electron chi connectivity index (χ1n) is 9.24. The van der Waals surface area contributed by atoms with Gasteiger partial charge in [0.1, 0.15) is 0 Å². The van der Waals surface area contributed by atoms with Crippen molar-refractivity contribution >= 4 is 49.9 Å². The second-order valence-corrected chi connectivity index (χ2v) is 6.95. The van der Waals surface area contributed by atoms with Crippen molar-refractivity contribution in [2.24, 2.45) is 5.10 Å². The van der Waals surface area contributed by atoms with Crippen molar-refractivity contribution in [3.05, 3.63) is 60.2 Å². The zero-order valence-electron chi connectivity index (χ0n) is 15.5. The number of amides is 1. The molecule has 28 heavy (non-hydrogen) atoms. The molecule has 0 spiro atoms. The topological polar surface area (TPSA) is 81.6 Å². The summed E-state index contributed by atoms with van der Waals surface area (Å²) in [6, 6.07) is 19.2. The molecule has 5 nitrogen and oxygen atoms in total. The van der Waals surface area contributed by atoms with Gasteiger partial charge >= 0.3 is 0 Å². The van der Waals surface area contributed by atoms with Crippen molar-refractivity contribution < 1.29 is 14.7 Å². The third-order valence-corrected chi connectivity index (χ3v) is 5.11. The zero-order valence-corrected chi connectivity index (χ0v) is 15.5. The number of benzene rings is 4. The number of nitrogens with one attached hydrogen (secondary N) is 1. The summed E-state index contributed by atoms with van der Waals surface area (Å²) in [5.41, 5.74) is 3.21. The van der Waals surface area contributed by atoms with Crippen LogP contribution in [0.15, 0.2) is 59.7 Å². The van der Waals surface area contributed by atoms with Gasteiger partial charge < -0.3 is 9.90 Å². The Kier molecular flexibility index (Phi) is 4.65. The number of rotatable bonds is 6. The molecule has 0 bridgehead atoms. The molecule has 0 aromatic heterocycles. The Balaban J connectivity index is 1.56. The normalized spacial score (nSPS) is 12.1. The van der Waals surface area contributed by atoms with Gasteiger partial charge in [-0.25, -0.2) is 5.43 Å². The lowest BCUT2D eigenvalue weighted by Crippen LogP contribution is -2.32. The highest BCUT2D eigenvalue weighted by atomic mass is 16.4. The molecule has 1 amide bonds. The van der Waals surface area contributed by atoms with E-state index in [1.807, 2.05) is 0 Å². The minimum absolute atomic E-state index is 0.250. The minimum atomic E-state index is -1.39. The number of hydrogen-bond donors (Lipinski definition) is 1. The number of hydrazone groups is 1. The number of carbonyl (C=O) groups excluding carboxylic acids is 2. The zero-order chi connectivity index (χ0) is 19.7. The standard InChI is InChI=1S/C23H20N2O3/c1-14(23(27)28)24-25-20(26)7-3-4-15-8-9-18-11-10-16-5-2-6-17-12-13-19(15)22(18)21(16)17/h2,5-6,8-13H,3-4,7H2,1H3,(H,25,26)(H,27,28)/p-1/b24-14-. The van der Waals surface area contributed by atoms with Gasteiger partial charge in [0.05, 0.1) is 11.7 Å². The lowest BCUT2D eigenvalue weighted by atomic mass is 9.90. The van der Waals surface area contributed by atoms with E-state index in [1.54, 1.807) is 0 Å². The van der Waals surface area contributed by atoms with E-state index in [9.17, 15) is 14.7 Å². The van der Waals surface area contributed by atoms with Gasteiger partial charge in [-0.15, -0.1) is 0 Å². The van der Waals surface area contributed by atoms with Gasteiger partial charge in [0, 0.05) is 6.42 Å². The third-order valence-electron chi connectivity index (χ3n) is 5.11. The van der Waals surface area contributed by atoms with Crippen molar-refractivity contribution in [1.29, 1.82) is 0 Å². The lowest BCUT2D eigenvalue weighted by Gasteiger charge is -2.13. The van der Waals surface area contributed by atoms with Crippen molar-refractivity contribution in [3.8, 4) is 0 Å². The summed E-state index contributed by atoms with van der Waals surface area (Å²) < 4.78 is 0. The van der Waals surface area contributed by atoms with Crippen LogP contribution in [0, 0.1) is 0 Å². The number of carboxylic acids is 1. The molecule has 1 N–H and O–H groups in total. The van der Waals surface area contributed by atoms with E-state index in [1.165, 1.54) is 44.8 Å². The van der Waals surface area contributed by atoms with E-state index in [4.69, 9.17) is 0 Å². The van der Waals surface area contributed by atoms with E-state index in [0.29, 0.717) is 6.42 Å². The highest BCUT2D eigenvalue weighted by molar-refractivity contribution is 6.33. The van der Waals surface area contributed by atoms with Crippen LogP contribution in [0.25, 0.3) is 32.3 Å². The molecule has 4 aromatic carbocycles. The molecular formula is C23H19N2O3-. The quantitative estimate of drug-likeness (QED) is 0.321. The van der Waals surface area contributed by atoms with Crippen LogP contribution in [0.2, 0.25) is 0 Å². The highest BCUT2D eigenvalue weighted by Gasteiger charge is 2.11. The molecule has 0 aliphatic heterocycles. The monoisotopic (exact) mass is 371 g/mol. The first-order chi connectivity index (χ1) is 13.5. The molecule has 0 saturated heterocycles. The second kappa shape index (κ2) is 7.27. The van der Waals surface area contributed by atoms with Gasteiger partial charge in [0.15, 0.2) is 0 Å². The van der Waals surface area contributed by atoms with Crippen LogP contribution >= 0.6 is 0 Å². The fourth-order valence-corrected chi connectivity index (χ4v) is 3.70. The Morgan fingerprint density at radius 1 is 0.929 bits per heavy atom. The molecule has 4 aromatic rings. The fraction of sp³-hybridized carbons (Fsp3) is 0.174. The Labute approximate surface area is 162 Å². The SMILES string of the molecule is C/C(=N/NC(=O)CCCc1ccc2ccc3cccc4ccc1c2c34)C(=O)[O-]. The lowest BCUT2D eigenvalue weighted by molar-refractivity contribution is -0.294. The average Bonchev–Trinajstić information content (AvgIpc) is 2.71. The molecule has 4 rings (SSSR count). The molecule has 0 fully saturated rings. The van der Waals surface area contributed by atoms with Crippen molar-refractivity contribution in [2.45, 2.75) is 26.2 Å². The predicted molar refractivity (Wildman–Crippen MR) is 109 cm³/mol. The summed E-state index contributed by atoms with van der Waals surface area (Å²) in [7, 11) is 0. The molecule has 5 heteroatoms. The van der Waals surface area contributed by atoms with Crippen LogP contribution in [0.3, 0.4) is 0 Å². The smallest absolute Gasteiger partial charge is 0.240 e. The van der Waals surface area contributed by atoms with Gasteiger partial charge in [-0.05, 0) is 57.6 Å². The minimum Gasteiger partial charge on any atom is -0.543 e. The van der Waals surface area contributed by atoms with E-state index >= 15 is 0 Å². The molecule has 0 aliphatic carbocycles. The molecule has 0 atom stereocenters. The van der Waals surface area contributed by atoms with E-state index in [-0.39, 0.29) is 18.0 Å². The van der Waals surface area contributed by atoms with Gasteiger partial charge in [-0.2, -0.15) is 5.10 Å². The first kappa shape index (κ1) is 17.9. The molecule has 140 valence electrons. The molecular weight excluding hydrogens is 352 g/mol. The predicted octanol–water partition coefficient (Wildman–Crippen LogP) is 3.15. The molecule has 0 saturated carbocycles. The Morgan fingerprint density at radius 3 is 2.29 bits per heavy atom. The molecule has 0 aliphatic rings. The van der Waals surface area contributed by atoms with Crippen molar-refractivity contribution in [2.75, 3.05) is 0 Å². The van der Waals surface area contributed by atoms with Gasteiger partial charge in [-0.3, -0.25) is 4.79 Å². The van der Waals surface area contributed by atoms with E-state index in [2.05, 4.69) is 65.1 Å². The summed E-state index contributed by atoms with van der Waals surface area (Å²) in [5.74, 6) is -1.70. The van der Waals surface area contributed by atoms with Crippen LogP contribution < -0.4 is 10.5 Å².